The molecule has 21 heavy (non-hydrogen) atoms. The van der Waals surface area contributed by atoms with Crippen molar-refractivity contribution in [1.82, 2.24) is 15.1 Å². The van der Waals surface area contributed by atoms with E-state index in [0.717, 1.165) is 31.4 Å². The molecular weight excluding hydrogens is 265 g/mol. The number of nitrogens with one attached hydrogen (secondary N) is 1. The molecule has 4 heteroatoms. The first-order chi connectivity index (χ1) is 10.1. The first kappa shape index (κ1) is 15.7. The van der Waals surface area contributed by atoms with Crippen molar-refractivity contribution in [3.05, 3.63) is 53.1 Å². The number of benzene rings is 1. The lowest BCUT2D eigenvalue weighted by Gasteiger charge is -2.19. The molecule has 0 amide bonds. The quantitative estimate of drug-likeness (QED) is 0.845. The molecule has 3 nitrogen and oxygen atoms in total. The molecule has 1 atom stereocenters. The fraction of sp³-hybridized carbons (Fsp3) is 0.471. The minimum absolute atomic E-state index is 0.128. The number of rotatable bonds is 7. The summed E-state index contributed by atoms with van der Waals surface area (Å²) in [5, 5.41) is 7.71. The summed E-state index contributed by atoms with van der Waals surface area (Å²) in [7, 11) is 1.95. The highest BCUT2D eigenvalue weighted by Crippen LogP contribution is 2.21. The maximum Gasteiger partial charge on any atom is 0.126 e. The van der Waals surface area contributed by atoms with Gasteiger partial charge in [-0.3, -0.25) is 4.68 Å². The van der Waals surface area contributed by atoms with Crippen LogP contribution in [0.15, 0.2) is 30.5 Å². The Morgan fingerprint density at radius 1 is 1.33 bits per heavy atom. The molecule has 1 aromatic heterocycles. The SMILES string of the molecule is CCCNC(CCc1ccnn1C)c1ccc(C)c(F)c1. The number of hydrogen-bond acceptors (Lipinski definition) is 2. The van der Waals surface area contributed by atoms with Crippen molar-refractivity contribution >= 4 is 0 Å². The molecule has 0 aliphatic rings. The van der Waals surface area contributed by atoms with E-state index in [1.54, 1.807) is 13.0 Å². The fourth-order valence-corrected chi connectivity index (χ4v) is 2.47. The largest absolute Gasteiger partial charge is 0.310 e. The Kier molecular flexibility index (Phi) is 5.51. The van der Waals surface area contributed by atoms with Crippen LogP contribution in [0.4, 0.5) is 4.39 Å². The van der Waals surface area contributed by atoms with E-state index < -0.39 is 0 Å². The van der Waals surface area contributed by atoms with Crippen molar-refractivity contribution in [1.29, 1.82) is 0 Å². The highest BCUT2D eigenvalue weighted by Gasteiger charge is 2.13. The molecule has 0 bridgehead atoms. The van der Waals surface area contributed by atoms with Crippen LogP contribution >= 0.6 is 0 Å². The Bertz CT molecular complexity index is 577. The van der Waals surface area contributed by atoms with Gasteiger partial charge in [-0.1, -0.05) is 19.1 Å². The van der Waals surface area contributed by atoms with Crippen molar-refractivity contribution in [2.45, 2.75) is 39.2 Å². The number of hydrogen-bond donors (Lipinski definition) is 1. The van der Waals surface area contributed by atoms with Gasteiger partial charge >= 0.3 is 0 Å². The van der Waals surface area contributed by atoms with E-state index in [0.29, 0.717) is 5.56 Å². The van der Waals surface area contributed by atoms with E-state index in [2.05, 4.69) is 17.3 Å². The van der Waals surface area contributed by atoms with Gasteiger partial charge in [-0.15, -0.1) is 0 Å². The molecule has 114 valence electrons. The van der Waals surface area contributed by atoms with Gasteiger partial charge in [0.05, 0.1) is 0 Å². The molecule has 0 aliphatic carbocycles. The maximum absolute atomic E-state index is 13.8. The highest BCUT2D eigenvalue weighted by molar-refractivity contribution is 5.26. The Hall–Kier alpha value is -1.68. The molecule has 0 fully saturated rings. The third-order valence-corrected chi connectivity index (χ3v) is 3.85. The molecular formula is C17H24FN3. The van der Waals surface area contributed by atoms with Gasteiger partial charge in [0.25, 0.3) is 0 Å². The molecule has 1 heterocycles. The molecule has 0 saturated heterocycles. The van der Waals surface area contributed by atoms with Crippen LogP contribution in [0.5, 0.6) is 0 Å². The summed E-state index contributed by atoms with van der Waals surface area (Å²) in [6, 6.07) is 7.75. The van der Waals surface area contributed by atoms with Gasteiger partial charge in [0.15, 0.2) is 0 Å². The van der Waals surface area contributed by atoms with Gasteiger partial charge in [-0.05, 0) is 56.0 Å². The van der Waals surface area contributed by atoms with Crippen LogP contribution in [-0.4, -0.2) is 16.3 Å². The fourth-order valence-electron chi connectivity index (χ4n) is 2.47. The number of aromatic nitrogens is 2. The molecule has 0 radical (unpaired) electrons. The third-order valence-electron chi connectivity index (χ3n) is 3.85. The molecule has 0 aliphatic heterocycles. The van der Waals surface area contributed by atoms with Crippen LogP contribution in [0.25, 0.3) is 0 Å². The summed E-state index contributed by atoms with van der Waals surface area (Å²) >= 11 is 0. The number of aryl methyl sites for hydroxylation is 3. The second-order valence-corrected chi connectivity index (χ2v) is 5.50. The topological polar surface area (TPSA) is 29.9 Å². The second kappa shape index (κ2) is 7.36. The lowest BCUT2D eigenvalue weighted by molar-refractivity contribution is 0.488. The zero-order chi connectivity index (χ0) is 15.2. The molecule has 0 spiro atoms. The molecule has 1 aromatic carbocycles. The molecule has 2 aromatic rings. The van der Waals surface area contributed by atoms with Gasteiger partial charge in [0.2, 0.25) is 0 Å². The van der Waals surface area contributed by atoms with Crippen molar-refractivity contribution in [3.63, 3.8) is 0 Å². The Balaban J connectivity index is 2.09. The predicted molar refractivity (Wildman–Crippen MR) is 83.7 cm³/mol. The minimum atomic E-state index is -0.128. The zero-order valence-corrected chi connectivity index (χ0v) is 13.1. The van der Waals surface area contributed by atoms with Crippen LogP contribution in [0.2, 0.25) is 0 Å². The van der Waals surface area contributed by atoms with Crippen molar-refractivity contribution in [2.75, 3.05) is 6.54 Å². The van der Waals surface area contributed by atoms with E-state index in [1.807, 2.05) is 36.1 Å². The van der Waals surface area contributed by atoms with Crippen molar-refractivity contribution < 1.29 is 4.39 Å². The molecule has 1 N–H and O–H groups in total. The average Bonchev–Trinajstić information content (AvgIpc) is 2.88. The first-order valence-electron chi connectivity index (χ1n) is 7.58. The monoisotopic (exact) mass is 289 g/mol. The van der Waals surface area contributed by atoms with Gasteiger partial charge in [-0.2, -0.15) is 5.10 Å². The van der Waals surface area contributed by atoms with E-state index >= 15 is 0 Å². The average molecular weight is 289 g/mol. The van der Waals surface area contributed by atoms with Gasteiger partial charge in [0.1, 0.15) is 5.82 Å². The summed E-state index contributed by atoms with van der Waals surface area (Å²) in [6.07, 6.45) is 4.74. The summed E-state index contributed by atoms with van der Waals surface area (Å²) < 4.78 is 15.7. The van der Waals surface area contributed by atoms with Gasteiger partial charge in [-0.25, -0.2) is 4.39 Å². The van der Waals surface area contributed by atoms with Crippen LogP contribution in [0.3, 0.4) is 0 Å². The zero-order valence-electron chi connectivity index (χ0n) is 13.1. The molecule has 2 rings (SSSR count). The third kappa shape index (κ3) is 4.14. The van der Waals surface area contributed by atoms with E-state index in [9.17, 15) is 4.39 Å². The Morgan fingerprint density at radius 2 is 2.14 bits per heavy atom. The molecule has 0 saturated carbocycles. The van der Waals surface area contributed by atoms with Crippen molar-refractivity contribution in [2.24, 2.45) is 7.05 Å². The summed E-state index contributed by atoms with van der Waals surface area (Å²) in [5.41, 5.74) is 2.92. The van der Waals surface area contributed by atoms with E-state index in [-0.39, 0.29) is 11.9 Å². The summed E-state index contributed by atoms with van der Waals surface area (Å²) in [5.74, 6) is -0.128. The molecule has 1 unspecified atom stereocenters. The maximum atomic E-state index is 13.8. The van der Waals surface area contributed by atoms with Gasteiger partial charge in [0, 0.05) is 25.0 Å². The normalized spacial score (nSPS) is 12.6. The first-order valence-corrected chi connectivity index (χ1v) is 7.58. The van der Waals surface area contributed by atoms with Crippen molar-refractivity contribution in [3.8, 4) is 0 Å². The second-order valence-electron chi connectivity index (χ2n) is 5.50. The Labute approximate surface area is 126 Å². The van der Waals surface area contributed by atoms with E-state index in [4.69, 9.17) is 0 Å². The van der Waals surface area contributed by atoms with Crippen LogP contribution in [-0.2, 0) is 13.5 Å². The number of nitrogens with zero attached hydrogens (tertiary/aromatic N) is 2. The standard InChI is InChI=1S/C17H24FN3/c1-4-10-19-17(8-7-15-9-11-20-21(15)3)14-6-5-13(2)16(18)12-14/h5-6,9,11-12,17,19H,4,7-8,10H2,1-3H3. The lowest BCUT2D eigenvalue weighted by Crippen LogP contribution is -2.23. The number of halogens is 1. The highest BCUT2D eigenvalue weighted by atomic mass is 19.1. The summed E-state index contributed by atoms with van der Waals surface area (Å²) in [4.78, 5) is 0. The predicted octanol–water partition coefficient (Wildman–Crippen LogP) is 3.54. The van der Waals surface area contributed by atoms with E-state index in [1.165, 1.54) is 5.69 Å². The Morgan fingerprint density at radius 3 is 2.76 bits per heavy atom. The van der Waals surface area contributed by atoms with Crippen LogP contribution in [0.1, 0.15) is 42.6 Å². The lowest BCUT2D eigenvalue weighted by atomic mass is 9.99. The van der Waals surface area contributed by atoms with Crippen LogP contribution < -0.4 is 5.32 Å². The smallest absolute Gasteiger partial charge is 0.126 e. The minimum Gasteiger partial charge on any atom is -0.310 e. The summed E-state index contributed by atoms with van der Waals surface area (Å²) in [6.45, 7) is 4.87. The van der Waals surface area contributed by atoms with Gasteiger partial charge < -0.3 is 5.32 Å². The van der Waals surface area contributed by atoms with Crippen LogP contribution in [0, 0.1) is 12.7 Å².